The first-order valence-corrected chi connectivity index (χ1v) is 7.38. The maximum Gasteiger partial charge on any atom is 0.167 e. The van der Waals surface area contributed by atoms with Crippen LogP contribution in [0.2, 0.25) is 0 Å². The van der Waals surface area contributed by atoms with E-state index in [1.165, 1.54) is 5.56 Å². The lowest BCUT2D eigenvalue weighted by atomic mass is 9.99. The van der Waals surface area contributed by atoms with Gasteiger partial charge < -0.3 is 15.4 Å². The fourth-order valence-electron chi connectivity index (χ4n) is 2.14. The molecule has 2 aromatic rings. The largest absolute Gasteiger partial charge is 0.497 e. The fraction of sp³-hybridized carbons (Fsp3) is 0.235. The topological polar surface area (TPSA) is 33.3 Å². The van der Waals surface area contributed by atoms with Crippen molar-refractivity contribution in [1.29, 1.82) is 0 Å². The molecule has 0 heterocycles. The van der Waals surface area contributed by atoms with Gasteiger partial charge in [0, 0.05) is 6.54 Å². The van der Waals surface area contributed by atoms with E-state index in [9.17, 15) is 0 Å². The second-order valence-electron chi connectivity index (χ2n) is 4.62. The first kappa shape index (κ1) is 15.3. The molecule has 21 heavy (non-hydrogen) atoms. The summed E-state index contributed by atoms with van der Waals surface area (Å²) in [6.07, 6.45) is 0. The molecule has 0 bridgehead atoms. The Bertz CT molecular complexity index is 569. The van der Waals surface area contributed by atoms with Gasteiger partial charge in [0.25, 0.3) is 0 Å². The summed E-state index contributed by atoms with van der Waals surface area (Å²) in [6, 6.07) is 18.3. The number of rotatable bonds is 5. The van der Waals surface area contributed by atoms with Crippen molar-refractivity contribution in [2.45, 2.75) is 13.0 Å². The molecule has 2 N–H and O–H groups in total. The van der Waals surface area contributed by atoms with Crippen molar-refractivity contribution in [3.8, 4) is 5.75 Å². The lowest BCUT2D eigenvalue weighted by Crippen LogP contribution is -2.37. The van der Waals surface area contributed by atoms with E-state index >= 15 is 0 Å². The average Bonchev–Trinajstić information content (AvgIpc) is 2.54. The van der Waals surface area contributed by atoms with Gasteiger partial charge >= 0.3 is 0 Å². The lowest BCUT2D eigenvalue weighted by molar-refractivity contribution is 0.414. The summed E-state index contributed by atoms with van der Waals surface area (Å²) in [5.74, 6) is 0.847. The molecule has 0 fully saturated rings. The number of ether oxygens (including phenoxy) is 1. The SMILES string of the molecule is CCNC(=S)NC(c1ccccc1)c1ccc(OC)cc1. The summed E-state index contributed by atoms with van der Waals surface area (Å²) in [7, 11) is 1.67. The third-order valence-electron chi connectivity index (χ3n) is 3.19. The van der Waals surface area contributed by atoms with Crippen LogP contribution in [0.1, 0.15) is 24.1 Å². The molecule has 0 spiro atoms. The van der Waals surface area contributed by atoms with Crippen molar-refractivity contribution >= 4 is 17.3 Å². The zero-order chi connectivity index (χ0) is 15.1. The Morgan fingerprint density at radius 1 is 1.05 bits per heavy atom. The second-order valence-corrected chi connectivity index (χ2v) is 5.03. The Morgan fingerprint density at radius 2 is 1.67 bits per heavy atom. The molecule has 1 atom stereocenters. The molecule has 0 saturated carbocycles. The summed E-state index contributed by atoms with van der Waals surface area (Å²) >= 11 is 5.33. The number of methoxy groups -OCH3 is 1. The van der Waals surface area contributed by atoms with Gasteiger partial charge in [0.05, 0.1) is 13.2 Å². The van der Waals surface area contributed by atoms with Crippen LogP contribution in [0.3, 0.4) is 0 Å². The molecule has 0 aliphatic rings. The van der Waals surface area contributed by atoms with Crippen LogP contribution in [0.4, 0.5) is 0 Å². The fourth-order valence-corrected chi connectivity index (χ4v) is 2.41. The molecule has 0 radical (unpaired) electrons. The standard InChI is InChI=1S/C17H20N2OS/c1-3-18-17(21)19-16(13-7-5-4-6-8-13)14-9-11-15(20-2)12-10-14/h4-12,16H,3H2,1-2H3,(H2,18,19,21). The van der Waals surface area contributed by atoms with Crippen LogP contribution in [0.15, 0.2) is 54.6 Å². The van der Waals surface area contributed by atoms with E-state index in [4.69, 9.17) is 17.0 Å². The minimum atomic E-state index is 0.0173. The molecule has 3 nitrogen and oxygen atoms in total. The van der Waals surface area contributed by atoms with Crippen LogP contribution in [-0.4, -0.2) is 18.8 Å². The van der Waals surface area contributed by atoms with Crippen molar-refractivity contribution in [2.75, 3.05) is 13.7 Å². The predicted molar refractivity (Wildman–Crippen MR) is 90.7 cm³/mol. The van der Waals surface area contributed by atoms with Crippen molar-refractivity contribution < 1.29 is 4.74 Å². The Morgan fingerprint density at radius 3 is 2.24 bits per heavy atom. The summed E-state index contributed by atoms with van der Waals surface area (Å²) < 4.78 is 5.22. The van der Waals surface area contributed by atoms with Gasteiger partial charge in [-0.25, -0.2) is 0 Å². The minimum Gasteiger partial charge on any atom is -0.497 e. The van der Waals surface area contributed by atoms with Gasteiger partial charge in [-0.2, -0.15) is 0 Å². The summed E-state index contributed by atoms with van der Waals surface area (Å²) in [5.41, 5.74) is 2.31. The zero-order valence-electron chi connectivity index (χ0n) is 12.3. The molecule has 0 aliphatic carbocycles. The summed E-state index contributed by atoms with van der Waals surface area (Å²) in [5, 5.41) is 7.16. The molecule has 4 heteroatoms. The van der Waals surface area contributed by atoms with Gasteiger partial charge in [-0.15, -0.1) is 0 Å². The van der Waals surface area contributed by atoms with Crippen LogP contribution in [0, 0.1) is 0 Å². The Balaban J connectivity index is 2.28. The molecule has 0 amide bonds. The molecule has 2 rings (SSSR count). The van der Waals surface area contributed by atoms with Crippen LogP contribution < -0.4 is 15.4 Å². The van der Waals surface area contributed by atoms with E-state index in [0.29, 0.717) is 5.11 Å². The van der Waals surface area contributed by atoms with Gasteiger partial charge in [0.2, 0.25) is 0 Å². The van der Waals surface area contributed by atoms with Crippen LogP contribution >= 0.6 is 12.2 Å². The molecular weight excluding hydrogens is 280 g/mol. The second kappa shape index (κ2) is 7.64. The Hall–Kier alpha value is -2.07. The van der Waals surface area contributed by atoms with E-state index in [0.717, 1.165) is 17.9 Å². The number of hydrogen-bond acceptors (Lipinski definition) is 2. The van der Waals surface area contributed by atoms with Gasteiger partial charge in [-0.05, 0) is 42.4 Å². The average molecular weight is 300 g/mol. The van der Waals surface area contributed by atoms with Crippen molar-refractivity contribution in [1.82, 2.24) is 10.6 Å². The number of nitrogens with one attached hydrogen (secondary N) is 2. The highest BCUT2D eigenvalue weighted by atomic mass is 32.1. The highest BCUT2D eigenvalue weighted by molar-refractivity contribution is 7.80. The first-order valence-electron chi connectivity index (χ1n) is 6.98. The first-order chi connectivity index (χ1) is 10.2. The maximum absolute atomic E-state index is 5.33. The van der Waals surface area contributed by atoms with Crippen LogP contribution in [-0.2, 0) is 0 Å². The molecule has 110 valence electrons. The summed E-state index contributed by atoms with van der Waals surface area (Å²) in [4.78, 5) is 0. The molecule has 0 aromatic heterocycles. The van der Waals surface area contributed by atoms with Gasteiger partial charge in [-0.1, -0.05) is 42.5 Å². The predicted octanol–water partition coefficient (Wildman–Crippen LogP) is 3.27. The molecule has 1 unspecified atom stereocenters. The monoisotopic (exact) mass is 300 g/mol. The van der Waals surface area contributed by atoms with E-state index in [1.54, 1.807) is 7.11 Å². The van der Waals surface area contributed by atoms with Crippen molar-refractivity contribution in [3.63, 3.8) is 0 Å². The number of benzene rings is 2. The molecule has 2 aromatic carbocycles. The quantitative estimate of drug-likeness (QED) is 0.830. The number of thiocarbonyl (C=S) groups is 1. The summed E-state index contributed by atoms with van der Waals surface area (Å²) in [6.45, 7) is 2.83. The van der Waals surface area contributed by atoms with Crippen molar-refractivity contribution in [3.05, 3.63) is 65.7 Å². The number of hydrogen-bond donors (Lipinski definition) is 2. The molecular formula is C17H20N2OS. The minimum absolute atomic E-state index is 0.0173. The van der Waals surface area contributed by atoms with Gasteiger partial charge in [0.1, 0.15) is 5.75 Å². The van der Waals surface area contributed by atoms with Gasteiger partial charge in [-0.3, -0.25) is 0 Å². The Kier molecular flexibility index (Phi) is 5.58. The van der Waals surface area contributed by atoms with Gasteiger partial charge in [0.15, 0.2) is 5.11 Å². The van der Waals surface area contributed by atoms with E-state index in [1.807, 2.05) is 37.3 Å². The third-order valence-corrected chi connectivity index (χ3v) is 3.46. The Labute approximate surface area is 131 Å². The van der Waals surface area contributed by atoms with Crippen LogP contribution in [0.5, 0.6) is 5.75 Å². The zero-order valence-corrected chi connectivity index (χ0v) is 13.1. The van der Waals surface area contributed by atoms with Crippen LogP contribution in [0.25, 0.3) is 0 Å². The lowest BCUT2D eigenvalue weighted by Gasteiger charge is -2.22. The highest BCUT2D eigenvalue weighted by Crippen LogP contribution is 2.24. The maximum atomic E-state index is 5.33. The normalized spacial score (nSPS) is 11.5. The third kappa shape index (κ3) is 4.20. The van der Waals surface area contributed by atoms with E-state index < -0.39 is 0 Å². The molecule has 0 saturated heterocycles. The van der Waals surface area contributed by atoms with E-state index in [-0.39, 0.29) is 6.04 Å². The smallest absolute Gasteiger partial charge is 0.167 e. The highest BCUT2D eigenvalue weighted by Gasteiger charge is 2.14. The van der Waals surface area contributed by atoms with E-state index in [2.05, 4.69) is 34.9 Å². The van der Waals surface area contributed by atoms with Crippen molar-refractivity contribution in [2.24, 2.45) is 0 Å². The molecule has 0 aliphatic heterocycles.